The maximum absolute atomic E-state index is 12.1. The van der Waals surface area contributed by atoms with E-state index < -0.39 is 0 Å². The van der Waals surface area contributed by atoms with Crippen molar-refractivity contribution in [2.24, 2.45) is 0 Å². The first-order valence-corrected chi connectivity index (χ1v) is 9.00. The summed E-state index contributed by atoms with van der Waals surface area (Å²) in [4.78, 5) is 14.4. The Kier molecular flexibility index (Phi) is 7.22. The minimum absolute atomic E-state index is 0.111. The number of carbonyl (C=O) groups is 1. The lowest BCUT2D eigenvalue weighted by Crippen LogP contribution is -2.43. The van der Waals surface area contributed by atoms with Gasteiger partial charge in [0.05, 0.1) is 6.54 Å². The lowest BCUT2D eigenvalue weighted by molar-refractivity contribution is -0.122. The maximum Gasteiger partial charge on any atom is 0.234 e. The zero-order chi connectivity index (χ0) is 15.8. The van der Waals surface area contributed by atoms with E-state index in [2.05, 4.69) is 41.4 Å². The Bertz CT molecular complexity index is 464. The van der Waals surface area contributed by atoms with Crippen LogP contribution in [-0.2, 0) is 9.53 Å². The molecule has 4 nitrogen and oxygen atoms in total. The molecule has 1 aromatic rings. The zero-order valence-electron chi connectivity index (χ0n) is 13.5. The van der Waals surface area contributed by atoms with Crippen LogP contribution in [0.25, 0.3) is 0 Å². The molecule has 0 radical (unpaired) electrons. The average Bonchev–Trinajstić information content (AvgIpc) is 2.53. The molecular formula is C17H26N2O2S. The molecule has 22 heavy (non-hydrogen) atoms. The smallest absolute Gasteiger partial charge is 0.234 e. The second kappa shape index (κ2) is 9.18. The van der Waals surface area contributed by atoms with Crippen LogP contribution < -0.4 is 5.32 Å². The molecule has 0 bridgehead atoms. The Hall–Kier alpha value is -1.04. The maximum atomic E-state index is 12.1. The van der Waals surface area contributed by atoms with E-state index >= 15 is 0 Å². The predicted molar refractivity (Wildman–Crippen MR) is 92.3 cm³/mol. The van der Waals surface area contributed by atoms with Crippen LogP contribution in [0.3, 0.4) is 0 Å². The van der Waals surface area contributed by atoms with Gasteiger partial charge in [-0.2, -0.15) is 11.8 Å². The van der Waals surface area contributed by atoms with Gasteiger partial charge >= 0.3 is 0 Å². The standard InChI is InChI=1S/C17H26N2O2S/c1-14-4-6-15(7-5-14)16-13-22-11-9-19(16)12-17(20)18-8-3-10-21-2/h4-7,16H,3,8-13H2,1-2H3,(H,18,20)/t16-/m0/s1. The largest absolute Gasteiger partial charge is 0.385 e. The van der Waals surface area contributed by atoms with Crippen LogP contribution in [0, 0.1) is 6.92 Å². The molecule has 0 aromatic heterocycles. The van der Waals surface area contributed by atoms with E-state index in [9.17, 15) is 4.79 Å². The third-order valence-corrected chi connectivity index (χ3v) is 4.92. The molecule has 122 valence electrons. The van der Waals surface area contributed by atoms with Gasteiger partial charge in [-0.3, -0.25) is 9.69 Å². The van der Waals surface area contributed by atoms with Gasteiger partial charge in [0.15, 0.2) is 0 Å². The molecule has 0 unspecified atom stereocenters. The molecule has 1 heterocycles. The van der Waals surface area contributed by atoms with E-state index in [1.807, 2.05) is 11.8 Å². The number of rotatable bonds is 7. The number of hydrogen-bond acceptors (Lipinski definition) is 4. The summed E-state index contributed by atoms with van der Waals surface area (Å²) in [5.74, 6) is 2.26. The van der Waals surface area contributed by atoms with Gasteiger partial charge in [-0.1, -0.05) is 29.8 Å². The van der Waals surface area contributed by atoms with E-state index in [1.54, 1.807) is 7.11 Å². The number of methoxy groups -OCH3 is 1. The molecule has 0 aliphatic carbocycles. The van der Waals surface area contributed by atoms with Crippen LogP contribution in [0.1, 0.15) is 23.6 Å². The van der Waals surface area contributed by atoms with Gasteiger partial charge in [0.2, 0.25) is 5.91 Å². The summed E-state index contributed by atoms with van der Waals surface area (Å²) < 4.78 is 4.99. The van der Waals surface area contributed by atoms with Crippen LogP contribution in [-0.4, -0.2) is 55.7 Å². The Morgan fingerprint density at radius 2 is 2.18 bits per heavy atom. The van der Waals surface area contributed by atoms with Crippen molar-refractivity contribution in [2.45, 2.75) is 19.4 Å². The quantitative estimate of drug-likeness (QED) is 0.782. The predicted octanol–water partition coefficient (Wildman–Crippen LogP) is 2.24. The molecule has 2 rings (SSSR count). The Balaban J connectivity index is 1.89. The lowest BCUT2D eigenvalue weighted by atomic mass is 10.0. The SMILES string of the molecule is COCCCNC(=O)CN1CCSC[C@H]1c1ccc(C)cc1. The first-order chi connectivity index (χ1) is 10.7. The van der Waals surface area contributed by atoms with E-state index in [0.717, 1.165) is 24.5 Å². The number of thioether (sulfide) groups is 1. The molecule has 1 aliphatic rings. The topological polar surface area (TPSA) is 41.6 Å². The number of amides is 1. The van der Waals surface area contributed by atoms with Crippen LogP contribution >= 0.6 is 11.8 Å². The van der Waals surface area contributed by atoms with Crippen molar-refractivity contribution in [3.05, 3.63) is 35.4 Å². The lowest BCUT2D eigenvalue weighted by Gasteiger charge is -2.35. The van der Waals surface area contributed by atoms with Crippen molar-refractivity contribution in [1.82, 2.24) is 10.2 Å². The summed E-state index contributed by atoms with van der Waals surface area (Å²) in [6.07, 6.45) is 0.861. The fourth-order valence-corrected chi connectivity index (χ4v) is 3.76. The first kappa shape index (κ1) is 17.3. The summed E-state index contributed by atoms with van der Waals surface area (Å²) in [6, 6.07) is 9.02. The van der Waals surface area contributed by atoms with E-state index in [0.29, 0.717) is 25.7 Å². The summed E-state index contributed by atoms with van der Waals surface area (Å²) in [7, 11) is 1.68. The van der Waals surface area contributed by atoms with Gasteiger partial charge < -0.3 is 10.1 Å². The van der Waals surface area contributed by atoms with Crippen LogP contribution in [0.15, 0.2) is 24.3 Å². The van der Waals surface area contributed by atoms with Gasteiger partial charge in [0.1, 0.15) is 0 Å². The average molecular weight is 322 g/mol. The number of benzene rings is 1. The number of carbonyl (C=O) groups excluding carboxylic acids is 1. The number of hydrogen-bond donors (Lipinski definition) is 1. The van der Waals surface area contributed by atoms with Crippen LogP contribution in [0.4, 0.5) is 0 Å². The second-order valence-electron chi connectivity index (χ2n) is 5.67. The van der Waals surface area contributed by atoms with E-state index in [-0.39, 0.29) is 5.91 Å². The first-order valence-electron chi connectivity index (χ1n) is 7.84. The number of nitrogens with one attached hydrogen (secondary N) is 1. The van der Waals surface area contributed by atoms with E-state index in [1.165, 1.54) is 11.1 Å². The Morgan fingerprint density at radius 1 is 1.41 bits per heavy atom. The molecule has 1 amide bonds. The van der Waals surface area contributed by atoms with Gasteiger partial charge in [0, 0.05) is 44.4 Å². The molecule has 0 spiro atoms. The third kappa shape index (κ3) is 5.30. The highest BCUT2D eigenvalue weighted by Crippen LogP contribution is 2.29. The second-order valence-corrected chi connectivity index (χ2v) is 6.82. The molecule has 1 saturated heterocycles. The van der Waals surface area contributed by atoms with Crippen molar-refractivity contribution >= 4 is 17.7 Å². The minimum atomic E-state index is 0.111. The normalized spacial score (nSPS) is 19.1. The fraction of sp³-hybridized carbons (Fsp3) is 0.588. The van der Waals surface area contributed by atoms with Crippen LogP contribution in [0.5, 0.6) is 0 Å². The number of nitrogens with zero attached hydrogens (tertiary/aromatic N) is 1. The minimum Gasteiger partial charge on any atom is -0.385 e. The molecule has 1 fully saturated rings. The highest BCUT2D eigenvalue weighted by Gasteiger charge is 2.25. The molecular weight excluding hydrogens is 296 g/mol. The molecule has 1 aliphatic heterocycles. The summed E-state index contributed by atoms with van der Waals surface area (Å²) in [5, 5.41) is 2.98. The fourth-order valence-electron chi connectivity index (χ4n) is 2.61. The van der Waals surface area contributed by atoms with Gasteiger partial charge in [-0.25, -0.2) is 0 Å². The van der Waals surface area contributed by atoms with Crippen molar-refractivity contribution < 1.29 is 9.53 Å². The third-order valence-electron chi connectivity index (χ3n) is 3.90. The summed E-state index contributed by atoms with van der Waals surface area (Å²) in [5.41, 5.74) is 2.58. The van der Waals surface area contributed by atoms with Crippen molar-refractivity contribution in [3.63, 3.8) is 0 Å². The van der Waals surface area contributed by atoms with Gasteiger partial charge in [-0.15, -0.1) is 0 Å². The highest BCUT2D eigenvalue weighted by molar-refractivity contribution is 7.99. The van der Waals surface area contributed by atoms with E-state index in [4.69, 9.17) is 4.74 Å². The molecule has 1 atom stereocenters. The monoisotopic (exact) mass is 322 g/mol. The Labute approximate surface area is 137 Å². The summed E-state index contributed by atoms with van der Waals surface area (Å²) >= 11 is 1.97. The van der Waals surface area contributed by atoms with Crippen molar-refractivity contribution in [2.75, 3.05) is 44.9 Å². The number of aryl methyl sites for hydroxylation is 1. The molecule has 0 saturated carbocycles. The van der Waals surface area contributed by atoms with Crippen molar-refractivity contribution in [1.29, 1.82) is 0 Å². The van der Waals surface area contributed by atoms with Crippen LogP contribution in [0.2, 0.25) is 0 Å². The molecule has 1 aromatic carbocycles. The van der Waals surface area contributed by atoms with Crippen molar-refractivity contribution in [3.8, 4) is 0 Å². The molecule has 5 heteroatoms. The van der Waals surface area contributed by atoms with Gasteiger partial charge in [0.25, 0.3) is 0 Å². The number of ether oxygens (including phenoxy) is 1. The molecule has 1 N–H and O–H groups in total. The summed E-state index contributed by atoms with van der Waals surface area (Å²) in [6.45, 7) is 4.92. The Morgan fingerprint density at radius 3 is 2.91 bits per heavy atom. The van der Waals surface area contributed by atoms with Gasteiger partial charge in [-0.05, 0) is 18.9 Å². The highest BCUT2D eigenvalue weighted by atomic mass is 32.2. The zero-order valence-corrected chi connectivity index (χ0v) is 14.3.